The van der Waals surface area contributed by atoms with Crippen molar-refractivity contribution in [2.75, 3.05) is 20.8 Å². The molecule has 146 valence electrons. The third-order valence-corrected chi connectivity index (χ3v) is 4.65. The molecule has 0 bridgehead atoms. The summed E-state index contributed by atoms with van der Waals surface area (Å²) in [5.74, 6) is 0.318. The molecule has 1 aromatic heterocycles. The quantitative estimate of drug-likeness (QED) is 0.682. The first-order valence-corrected chi connectivity index (χ1v) is 8.77. The van der Waals surface area contributed by atoms with Crippen LogP contribution >= 0.6 is 0 Å². The van der Waals surface area contributed by atoms with Crippen molar-refractivity contribution in [3.8, 4) is 17.2 Å². The van der Waals surface area contributed by atoms with Gasteiger partial charge in [-0.15, -0.1) is 0 Å². The summed E-state index contributed by atoms with van der Waals surface area (Å²) in [5.41, 5.74) is 0.703. The number of ether oxygens (including phenoxy) is 2. The lowest BCUT2D eigenvalue weighted by molar-refractivity contribution is 0.0949. The van der Waals surface area contributed by atoms with E-state index >= 15 is 0 Å². The lowest BCUT2D eigenvalue weighted by atomic mass is 10.1. The number of pyridine rings is 1. The Labute approximate surface area is 162 Å². The highest BCUT2D eigenvalue weighted by Gasteiger charge is 2.20. The van der Waals surface area contributed by atoms with E-state index in [4.69, 9.17) is 9.47 Å². The second kappa shape index (κ2) is 8.04. The van der Waals surface area contributed by atoms with Gasteiger partial charge in [-0.3, -0.25) is 9.59 Å². The number of rotatable bonds is 6. The van der Waals surface area contributed by atoms with E-state index in [1.165, 1.54) is 4.57 Å². The number of aromatic nitrogens is 1. The van der Waals surface area contributed by atoms with E-state index in [0.717, 1.165) is 5.56 Å². The van der Waals surface area contributed by atoms with Gasteiger partial charge in [0.05, 0.1) is 19.7 Å². The average molecular weight is 382 g/mol. The number of aryl methyl sites for hydroxylation is 1. The molecule has 0 radical (unpaired) electrons. The van der Waals surface area contributed by atoms with E-state index in [2.05, 4.69) is 5.32 Å². The van der Waals surface area contributed by atoms with E-state index < -0.39 is 11.5 Å². The SMILES string of the molecule is COc1ccc(CCNC(=O)c2c(O)c3ccccc3n(C)c2=O)cc1OC. The van der Waals surface area contributed by atoms with E-state index in [0.29, 0.717) is 35.4 Å². The number of carbonyl (C=O) groups is 1. The number of aromatic hydroxyl groups is 1. The molecule has 28 heavy (non-hydrogen) atoms. The molecule has 0 aliphatic carbocycles. The van der Waals surface area contributed by atoms with Crippen LogP contribution in [0.15, 0.2) is 47.3 Å². The van der Waals surface area contributed by atoms with Crippen LogP contribution in [0.5, 0.6) is 17.2 Å². The first-order chi connectivity index (χ1) is 13.5. The molecule has 3 rings (SSSR count). The van der Waals surface area contributed by atoms with Gasteiger partial charge < -0.3 is 24.5 Å². The van der Waals surface area contributed by atoms with Gasteiger partial charge in [-0.2, -0.15) is 0 Å². The lowest BCUT2D eigenvalue weighted by Gasteiger charge is -2.12. The van der Waals surface area contributed by atoms with Crippen LogP contribution in [0.2, 0.25) is 0 Å². The number of amides is 1. The number of fused-ring (bicyclic) bond motifs is 1. The molecular weight excluding hydrogens is 360 g/mol. The number of nitrogens with zero attached hydrogens (tertiary/aromatic N) is 1. The number of carbonyl (C=O) groups excluding carboxylic acids is 1. The normalized spacial score (nSPS) is 10.7. The van der Waals surface area contributed by atoms with E-state index in [9.17, 15) is 14.7 Å². The van der Waals surface area contributed by atoms with Gasteiger partial charge in [0, 0.05) is 19.0 Å². The Morgan fingerprint density at radius 2 is 1.82 bits per heavy atom. The van der Waals surface area contributed by atoms with Gasteiger partial charge in [0.1, 0.15) is 11.3 Å². The molecule has 7 nitrogen and oxygen atoms in total. The maximum atomic E-state index is 12.6. The molecule has 3 aromatic rings. The third kappa shape index (κ3) is 3.51. The first-order valence-electron chi connectivity index (χ1n) is 8.77. The zero-order chi connectivity index (χ0) is 20.3. The molecule has 0 aliphatic rings. The van der Waals surface area contributed by atoms with E-state index in [1.807, 2.05) is 12.1 Å². The molecule has 1 amide bonds. The van der Waals surface area contributed by atoms with Gasteiger partial charge in [-0.05, 0) is 36.2 Å². The lowest BCUT2D eigenvalue weighted by Crippen LogP contribution is -2.33. The maximum absolute atomic E-state index is 12.6. The van der Waals surface area contributed by atoms with Gasteiger partial charge in [0.25, 0.3) is 11.5 Å². The Bertz CT molecular complexity index is 1090. The minimum atomic E-state index is -0.607. The molecule has 0 atom stereocenters. The highest BCUT2D eigenvalue weighted by atomic mass is 16.5. The van der Waals surface area contributed by atoms with Gasteiger partial charge >= 0.3 is 0 Å². The van der Waals surface area contributed by atoms with Gasteiger partial charge in [-0.25, -0.2) is 0 Å². The smallest absolute Gasteiger partial charge is 0.267 e. The number of nitrogens with one attached hydrogen (secondary N) is 1. The molecule has 2 aromatic carbocycles. The fourth-order valence-electron chi connectivity index (χ4n) is 3.13. The number of hydrogen-bond acceptors (Lipinski definition) is 5. The van der Waals surface area contributed by atoms with Crippen molar-refractivity contribution in [3.05, 3.63) is 63.9 Å². The van der Waals surface area contributed by atoms with Crippen molar-refractivity contribution in [1.29, 1.82) is 0 Å². The largest absolute Gasteiger partial charge is 0.506 e. The Morgan fingerprint density at radius 1 is 1.11 bits per heavy atom. The standard InChI is InChI=1S/C21H22N2O5/c1-23-15-7-5-4-6-14(15)19(24)18(21(23)26)20(25)22-11-10-13-8-9-16(27-2)17(12-13)28-3/h4-9,12,24H,10-11H2,1-3H3,(H,22,25). The Hall–Kier alpha value is -3.48. The molecule has 0 spiro atoms. The molecular formula is C21H22N2O5. The van der Waals surface area contributed by atoms with Crippen LogP contribution in [0.1, 0.15) is 15.9 Å². The summed E-state index contributed by atoms with van der Waals surface area (Å²) in [6.07, 6.45) is 0.529. The molecule has 1 heterocycles. The van der Waals surface area contributed by atoms with Crippen molar-refractivity contribution in [3.63, 3.8) is 0 Å². The summed E-state index contributed by atoms with van der Waals surface area (Å²) in [4.78, 5) is 25.1. The Balaban J connectivity index is 1.78. The molecule has 2 N–H and O–H groups in total. The summed E-state index contributed by atoms with van der Waals surface area (Å²) in [7, 11) is 4.69. The van der Waals surface area contributed by atoms with Crippen LogP contribution in [0.3, 0.4) is 0 Å². The van der Waals surface area contributed by atoms with Gasteiger partial charge in [0.15, 0.2) is 11.5 Å². The van der Waals surface area contributed by atoms with Crippen molar-refractivity contribution >= 4 is 16.8 Å². The monoisotopic (exact) mass is 382 g/mol. The zero-order valence-corrected chi connectivity index (χ0v) is 16.0. The zero-order valence-electron chi connectivity index (χ0n) is 16.0. The minimum Gasteiger partial charge on any atom is -0.506 e. The third-order valence-electron chi connectivity index (χ3n) is 4.65. The Morgan fingerprint density at radius 3 is 2.54 bits per heavy atom. The summed E-state index contributed by atoms with van der Waals surface area (Å²) < 4.78 is 11.8. The minimum absolute atomic E-state index is 0.256. The number of hydrogen-bond donors (Lipinski definition) is 2. The fourth-order valence-corrected chi connectivity index (χ4v) is 3.13. The maximum Gasteiger partial charge on any atom is 0.267 e. The first kappa shape index (κ1) is 19.3. The summed E-state index contributed by atoms with van der Waals surface area (Å²) >= 11 is 0. The van der Waals surface area contributed by atoms with Crippen LogP contribution in [0, 0.1) is 0 Å². The van der Waals surface area contributed by atoms with Crippen molar-refractivity contribution in [2.24, 2.45) is 7.05 Å². The topological polar surface area (TPSA) is 89.8 Å². The van der Waals surface area contributed by atoms with Crippen LogP contribution in [-0.4, -0.2) is 36.3 Å². The highest BCUT2D eigenvalue weighted by molar-refractivity contribution is 6.02. The molecule has 0 fully saturated rings. The number of methoxy groups -OCH3 is 2. The predicted octanol–water partition coefficient (Wildman–Crippen LogP) is 2.23. The van der Waals surface area contributed by atoms with E-state index in [1.54, 1.807) is 51.6 Å². The van der Waals surface area contributed by atoms with Crippen LogP contribution < -0.4 is 20.3 Å². The molecule has 7 heteroatoms. The van der Waals surface area contributed by atoms with Gasteiger partial charge in [0.2, 0.25) is 0 Å². The second-order valence-electron chi connectivity index (χ2n) is 6.30. The number of benzene rings is 2. The molecule has 0 saturated heterocycles. The van der Waals surface area contributed by atoms with Crippen LogP contribution in [0.4, 0.5) is 0 Å². The van der Waals surface area contributed by atoms with Crippen molar-refractivity contribution in [1.82, 2.24) is 9.88 Å². The van der Waals surface area contributed by atoms with Crippen molar-refractivity contribution < 1.29 is 19.4 Å². The highest BCUT2D eigenvalue weighted by Crippen LogP contribution is 2.28. The van der Waals surface area contributed by atoms with Gasteiger partial charge in [-0.1, -0.05) is 18.2 Å². The summed E-state index contributed by atoms with van der Waals surface area (Å²) in [5, 5.41) is 13.6. The Kier molecular flexibility index (Phi) is 5.54. The second-order valence-corrected chi connectivity index (χ2v) is 6.30. The van der Waals surface area contributed by atoms with Crippen molar-refractivity contribution in [2.45, 2.75) is 6.42 Å². The fraction of sp³-hybridized carbons (Fsp3) is 0.238. The predicted molar refractivity (Wildman–Crippen MR) is 106 cm³/mol. The molecule has 0 saturated carbocycles. The van der Waals surface area contributed by atoms with Crippen LogP contribution in [0.25, 0.3) is 10.9 Å². The molecule has 0 unspecified atom stereocenters. The average Bonchev–Trinajstić information content (AvgIpc) is 2.72. The van der Waals surface area contributed by atoms with E-state index in [-0.39, 0.29) is 11.3 Å². The summed E-state index contributed by atoms with van der Waals surface area (Å²) in [6.45, 7) is 0.295. The van der Waals surface area contributed by atoms with Crippen LogP contribution in [-0.2, 0) is 13.5 Å². The number of para-hydroxylation sites is 1. The summed E-state index contributed by atoms with van der Waals surface area (Å²) in [6, 6.07) is 12.4. The molecule has 0 aliphatic heterocycles.